The second kappa shape index (κ2) is 4.72. The Bertz CT molecular complexity index is 672. The number of amides is 2. The number of halogens is 1. The van der Waals surface area contributed by atoms with Crippen molar-refractivity contribution >= 4 is 11.8 Å². The molecule has 2 bridgehead atoms. The lowest BCUT2D eigenvalue weighted by molar-refractivity contribution is -0.142. The lowest BCUT2D eigenvalue weighted by Gasteiger charge is -2.27. The highest BCUT2D eigenvalue weighted by molar-refractivity contribution is 6.04. The second-order valence-corrected chi connectivity index (χ2v) is 5.93. The van der Waals surface area contributed by atoms with E-state index in [0.29, 0.717) is 6.54 Å². The minimum absolute atomic E-state index is 0.152. The molecule has 2 saturated heterocycles. The topological polar surface area (TPSA) is 58.6 Å². The number of hydrogen-bond acceptors (Lipinski definition) is 4. The van der Waals surface area contributed by atoms with E-state index in [9.17, 15) is 14.0 Å². The average Bonchev–Trinajstić information content (AvgIpc) is 3.19. The average molecular weight is 302 g/mol. The molecular weight excluding hydrogens is 287 g/mol. The maximum Gasteiger partial charge on any atom is 0.236 e. The molecule has 6 heteroatoms. The molecule has 3 aliphatic rings. The van der Waals surface area contributed by atoms with Crippen LogP contribution in [0.3, 0.4) is 0 Å². The number of benzene rings is 1. The Hall–Kier alpha value is -2.05. The van der Waals surface area contributed by atoms with Gasteiger partial charge in [-0.25, -0.2) is 4.39 Å². The maximum absolute atomic E-state index is 12.9. The SMILES string of the molecule is O=C1CC([C@]23C=C[C@H](NC2)O3)C(=O)N1Cc1ccc(F)cc1. The van der Waals surface area contributed by atoms with Gasteiger partial charge in [0.25, 0.3) is 0 Å². The first kappa shape index (κ1) is 13.6. The summed E-state index contributed by atoms with van der Waals surface area (Å²) in [5.41, 5.74) is 0.0288. The summed E-state index contributed by atoms with van der Waals surface area (Å²) in [4.78, 5) is 26.1. The van der Waals surface area contributed by atoms with Gasteiger partial charge in [-0.3, -0.25) is 19.8 Å². The summed E-state index contributed by atoms with van der Waals surface area (Å²) in [5.74, 6) is -1.26. The van der Waals surface area contributed by atoms with E-state index in [1.165, 1.54) is 17.0 Å². The Balaban J connectivity index is 1.55. The number of hydrogen-bond donors (Lipinski definition) is 1. The normalized spacial score (nSPS) is 33.2. The molecule has 2 amide bonds. The van der Waals surface area contributed by atoms with Crippen LogP contribution in [0.15, 0.2) is 36.4 Å². The molecule has 3 heterocycles. The van der Waals surface area contributed by atoms with Gasteiger partial charge in [-0.15, -0.1) is 0 Å². The number of carbonyl (C=O) groups excluding carboxylic acids is 2. The van der Waals surface area contributed by atoms with Gasteiger partial charge in [0.2, 0.25) is 11.8 Å². The van der Waals surface area contributed by atoms with Gasteiger partial charge < -0.3 is 4.74 Å². The summed E-state index contributed by atoms with van der Waals surface area (Å²) in [6.45, 7) is 0.716. The van der Waals surface area contributed by atoms with Crippen molar-refractivity contribution in [2.24, 2.45) is 5.92 Å². The number of rotatable bonds is 3. The quantitative estimate of drug-likeness (QED) is 0.667. The van der Waals surface area contributed by atoms with Gasteiger partial charge in [0.1, 0.15) is 17.6 Å². The highest BCUT2D eigenvalue weighted by Crippen LogP contribution is 2.40. The third kappa shape index (κ3) is 1.99. The van der Waals surface area contributed by atoms with Crippen LogP contribution < -0.4 is 5.32 Å². The van der Waals surface area contributed by atoms with Crippen LogP contribution in [0.4, 0.5) is 4.39 Å². The van der Waals surface area contributed by atoms with Gasteiger partial charge in [0.15, 0.2) is 0 Å². The van der Waals surface area contributed by atoms with Crippen molar-refractivity contribution in [3.05, 3.63) is 47.8 Å². The summed E-state index contributed by atoms with van der Waals surface area (Å²) < 4.78 is 18.7. The molecule has 5 nitrogen and oxygen atoms in total. The zero-order valence-electron chi connectivity index (χ0n) is 11.8. The molecular formula is C16H15FN2O3. The lowest BCUT2D eigenvalue weighted by Crippen LogP contribution is -2.44. The van der Waals surface area contributed by atoms with Gasteiger partial charge in [0.05, 0.1) is 12.5 Å². The fourth-order valence-electron chi connectivity index (χ4n) is 3.36. The van der Waals surface area contributed by atoms with Crippen molar-refractivity contribution in [2.45, 2.75) is 24.8 Å². The van der Waals surface area contributed by atoms with E-state index in [-0.39, 0.29) is 36.8 Å². The molecule has 1 unspecified atom stereocenters. The maximum atomic E-state index is 12.9. The number of likely N-dealkylation sites (tertiary alicyclic amines) is 1. The van der Waals surface area contributed by atoms with Crippen LogP contribution in [0, 0.1) is 11.7 Å². The third-order valence-electron chi connectivity index (χ3n) is 4.57. The third-order valence-corrected chi connectivity index (χ3v) is 4.57. The van der Waals surface area contributed by atoms with Gasteiger partial charge in [-0.1, -0.05) is 18.2 Å². The van der Waals surface area contributed by atoms with Crippen molar-refractivity contribution in [2.75, 3.05) is 6.54 Å². The summed E-state index contributed by atoms with van der Waals surface area (Å²) >= 11 is 0. The molecule has 1 N–H and O–H groups in total. The first-order valence-corrected chi connectivity index (χ1v) is 7.27. The standard InChI is InChI=1S/C16H15FN2O3/c17-11-3-1-10(2-4-11)8-19-14(20)7-12(15(19)21)16-6-5-13(22-16)18-9-16/h1-6,12-13,18H,7-9H2/t12?,13-,16+/m1/s1. The number of nitrogens with one attached hydrogen (secondary N) is 1. The molecule has 0 aromatic heterocycles. The van der Waals surface area contributed by atoms with Gasteiger partial charge >= 0.3 is 0 Å². The van der Waals surface area contributed by atoms with Crippen molar-refractivity contribution < 1.29 is 18.7 Å². The first-order chi connectivity index (χ1) is 10.6. The molecule has 22 heavy (non-hydrogen) atoms. The highest BCUT2D eigenvalue weighted by atomic mass is 19.1. The Morgan fingerprint density at radius 3 is 2.68 bits per heavy atom. The summed E-state index contributed by atoms with van der Waals surface area (Å²) in [6.07, 6.45) is 3.77. The van der Waals surface area contributed by atoms with Crippen LogP contribution in [0.1, 0.15) is 12.0 Å². The predicted octanol–water partition coefficient (Wildman–Crippen LogP) is 0.955. The molecule has 0 saturated carbocycles. The fraction of sp³-hybridized carbons (Fsp3) is 0.375. The molecule has 2 fully saturated rings. The molecule has 1 aromatic carbocycles. The molecule has 0 radical (unpaired) electrons. The van der Waals surface area contributed by atoms with Gasteiger partial charge in [0, 0.05) is 13.0 Å². The van der Waals surface area contributed by atoms with Gasteiger partial charge in [-0.05, 0) is 23.8 Å². The molecule has 114 valence electrons. The summed E-state index contributed by atoms with van der Waals surface area (Å²) in [6, 6.07) is 5.82. The van der Waals surface area contributed by atoms with Crippen LogP contribution in [0.5, 0.6) is 0 Å². The predicted molar refractivity (Wildman–Crippen MR) is 74.8 cm³/mol. The number of carbonyl (C=O) groups is 2. The van der Waals surface area contributed by atoms with Crippen LogP contribution in [0.2, 0.25) is 0 Å². The van der Waals surface area contributed by atoms with E-state index in [1.807, 2.05) is 12.2 Å². The second-order valence-electron chi connectivity index (χ2n) is 5.93. The fourth-order valence-corrected chi connectivity index (χ4v) is 3.36. The number of ether oxygens (including phenoxy) is 1. The highest BCUT2D eigenvalue weighted by Gasteiger charge is 2.55. The van der Waals surface area contributed by atoms with E-state index in [2.05, 4.69) is 5.32 Å². The van der Waals surface area contributed by atoms with Crippen LogP contribution >= 0.6 is 0 Å². The minimum atomic E-state index is -0.699. The summed E-state index contributed by atoms with van der Waals surface area (Å²) in [7, 11) is 0. The molecule has 3 atom stereocenters. The Morgan fingerprint density at radius 2 is 2.09 bits per heavy atom. The lowest BCUT2D eigenvalue weighted by atomic mass is 9.85. The van der Waals surface area contributed by atoms with Crippen molar-refractivity contribution in [1.29, 1.82) is 0 Å². The van der Waals surface area contributed by atoms with Crippen LogP contribution in [0.25, 0.3) is 0 Å². The van der Waals surface area contributed by atoms with Crippen molar-refractivity contribution in [3.8, 4) is 0 Å². The molecule has 0 spiro atoms. The summed E-state index contributed by atoms with van der Waals surface area (Å²) in [5, 5.41) is 3.15. The van der Waals surface area contributed by atoms with Crippen LogP contribution in [-0.4, -0.2) is 35.1 Å². The molecule has 4 rings (SSSR count). The molecule has 0 aliphatic carbocycles. The number of fused-ring (bicyclic) bond motifs is 2. The van der Waals surface area contributed by atoms with E-state index < -0.39 is 11.5 Å². The Kier molecular flexibility index (Phi) is 2.92. The Morgan fingerprint density at radius 1 is 1.32 bits per heavy atom. The molecule has 3 aliphatic heterocycles. The van der Waals surface area contributed by atoms with Gasteiger partial charge in [-0.2, -0.15) is 0 Å². The van der Waals surface area contributed by atoms with E-state index in [0.717, 1.165) is 5.56 Å². The largest absolute Gasteiger partial charge is 0.347 e. The van der Waals surface area contributed by atoms with E-state index >= 15 is 0 Å². The van der Waals surface area contributed by atoms with Crippen LogP contribution in [-0.2, 0) is 20.9 Å². The first-order valence-electron chi connectivity index (χ1n) is 7.27. The Labute approximate surface area is 126 Å². The zero-order valence-corrected chi connectivity index (χ0v) is 11.8. The number of nitrogens with zero attached hydrogens (tertiary/aromatic N) is 1. The smallest absolute Gasteiger partial charge is 0.236 e. The monoisotopic (exact) mass is 302 g/mol. The minimum Gasteiger partial charge on any atom is -0.347 e. The van der Waals surface area contributed by atoms with Crippen molar-refractivity contribution in [1.82, 2.24) is 10.2 Å². The molecule has 1 aromatic rings. The zero-order chi connectivity index (χ0) is 15.3. The van der Waals surface area contributed by atoms with E-state index in [1.54, 1.807) is 12.1 Å². The van der Waals surface area contributed by atoms with E-state index in [4.69, 9.17) is 4.74 Å². The van der Waals surface area contributed by atoms with Crippen molar-refractivity contribution in [3.63, 3.8) is 0 Å². The number of imide groups is 1.